The van der Waals surface area contributed by atoms with Crippen LogP contribution < -0.4 is 10.6 Å². The van der Waals surface area contributed by atoms with Gasteiger partial charge in [-0.15, -0.1) is 0 Å². The molecule has 0 aliphatic rings. The molecular weight excluding hydrogens is 408 g/mol. The van der Waals surface area contributed by atoms with E-state index < -0.39 is 0 Å². The molecule has 0 atom stereocenters. The Labute approximate surface area is 206 Å². The summed E-state index contributed by atoms with van der Waals surface area (Å²) in [6, 6.07) is 0. The third-order valence-corrected chi connectivity index (χ3v) is 6.51. The third-order valence-electron chi connectivity index (χ3n) is 6.51. The minimum Gasteiger partial charge on any atom is -0.356 e. The van der Waals surface area contributed by atoms with Crippen LogP contribution in [0.2, 0.25) is 0 Å². The van der Waals surface area contributed by atoms with Gasteiger partial charge in [-0.1, -0.05) is 117 Å². The molecule has 0 saturated heterocycles. The maximum atomic E-state index is 11.9. The normalized spacial score (nSPS) is 11.0. The average molecular weight is 467 g/mol. The van der Waals surface area contributed by atoms with Gasteiger partial charge in [0.25, 0.3) is 0 Å². The number of nitrogens with one attached hydrogen (secondary N) is 2. The maximum Gasteiger partial charge on any atom is 0.219 e. The molecule has 0 aromatic rings. The summed E-state index contributed by atoms with van der Waals surface area (Å²) in [5.41, 5.74) is 0. The molecule has 0 saturated carbocycles. The first-order chi connectivity index (χ1) is 16.2. The smallest absolute Gasteiger partial charge is 0.219 e. The molecule has 0 heterocycles. The fraction of sp³-hybridized carbons (Fsp3) is 0.931. The van der Waals surface area contributed by atoms with Gasteiger partial charge in [-0.25, -0.2) is 0 Å². The van der Waals surface area contributed by atoms with Crippen LogP contribution >= 0.6 is 0 Å². The van der Waals surface area contributed by atoms with Crippen molar-refractivity contribution >= 4 is 11.8 Å². The second-order valence-electron chi connectivity index (χ2n) is 9.92. The van der Waals surface area contributed by atoms with Crippen molar-refractivity contribution in [3.63, 3.8) is 0 Å². The second kappa shape index (κ2) is 27.2. The molecule has 0 aromatic carbocycles. The summed E-state index contributed by atoms with van der Waals surface area (Å²) < 4.78 is 0. The van der Waals surface area contributed by atoms with Gasteiger partial charge in [0.05, 0.1) is 0 Å². The number of hydrogen-bond donors (Lipinski definition) is 2. The van der Waals surface area contributed by atoms with Crippen molar-refractivity contribution in [3.8, 4) is 0 Å². The van der Waals surface area contributed by atoms with Crippen molar-refractivity contribution < 1.29 is 9.59 Å². The van der Waals surface area contributed by atoms with Crippen molar-refractivity contribution in [2.75, 3.05) is 13.1 Å². The molecular formula is C29H58N2O2. The van der Waals surface area contributed by atoms with Crippen LogP contribution in [0.5, 0.6) is 0 Å². The molecule has 196 valence electrons. The molecule has 0 radical (unpaired) electrons. The van der Waals surface area contributed by atoms with E-state index in [9.17, 15) is 9.59 Å². The van der Waals surface area contributed by atoms with E-state index in [4.69, 9.17) is 0 Å². The molecule has 33 heavy (non-hydrogen) atoms. The topological polar surface area (TPSA) is 58.2 Å². The minimum absolute atomic E-state index is 0.201. The summed E-state index contributed by atoms with van der Waals surface area (Å²) in [6.45, 7) is 6.04. The predicted octanol–water partition coefficient (Wildman–Crippen LogP) is 8.23. The van der Waals surface area contributed by atoms with E-state index in [1.807, 2.05) is 0 Å². The Bertz CT molecular complexity index is 388. The largest absolute Gasteiger partial charge is 0.356 e. The highest BCUT2D eigenvalue weighted by atomic mass is 16.2. The standard InChI is InChI=1S/C29H58N2O2/c1-3-5-7-9-11-13-15-17-20-24-28(32)30-26-22-19-23-27-31-29(33)25-21-18-16-14-12-10-8-6-4-2/h3-27H2,1-2H3,(H,30,32)(H,31,33). The summed E-state index contributed by atoms with van der Waals surface area (Å²) in [4.78, 5) is 23.8. The zero-order valence-electron chi connectivity index (χ0n) is 22.5. The van der Waals surface area contributed by atoms with E-state index >= 15 is 0 Å². The Morgan fingerprint density at radius 1 is 0.394 bits per heavy atom. The molecule has 0 aliphatic heterocycles. The molecule has 4 heteroatoms. The van der Waals surface area contributed by atoms with Gasteiger partial charge in [-0.3, -0.25) is 9.59 Å². The van der Waals surface area contributed by atoms with E-state index in [-0.39, 0.29) is 11.8 Å². The molecule has 0 rings (SSSR count). The van der Waals surface area contributed by atoms with Gasteiger partial charge in [0.15, 0.2) is 0 Å². The zero-order chi connectivity index (χ0) is 24.2. The third kappa shape index (κ3) is 27.1. The van der Waals surface area contributed by atoms with Crippen LogP contribution in [0.4, 0.5) is 0 Å². The summed E-state index contributed by atoms with van der Waals surface area (Å²) in [5.74, 6) is 0.402. The molecule has 0 unspecified atom stereocenters. The highest BCUT2D eigenvalue weighted by Crippen LogP contribution is 2.11. The van der Waals surface area contributed by atoms with E-state index in [1.165, 1.54) is 103 Å². The van der Waals surface area contributed by atoms with E-state index in [1.54, 1.807) is 0 Å². The molecule has 0 spiro atoms. The number of carbonyl (C=O) groups is 2. The van der Waals surface area contributed by atoms with E-state index in [2.05, 4.69) is 24.5 Å². The van der Waals surface area contributed by atoms with Crippen LogP contribution in [0.25, 0.3) is 0 Å². The van der Waals surface area contributed by atoms with Crippen LogP contribution in [0, 0.1) is 0 Å². The minimum atomic E-state index is 0.201. The number of rotatable bonds is 26. The van der Waals surface area contributed by atoms with Crippen molar-refractivity contribution in [3.05, 3.63) is 0 Å². The Morgan fingerprint density at radius 3 is 1.00 bits per heavy atom. The van der Waals surface area contributed by atoms with Gasteiger partial charge in [0.2, 0.25) is 11.8 Å². The van der Waals surface area contributed by atoms with Crippen LogP contribution in [0.3, 0.4) is 0 Å². The summed E-state index contributed by atoms with van der Waals surface area (Å²) >= 11 is 0. The van der Waals surface area contributed by atoms with Gasteiger partial charge in [-0.05, 0) is 32.1 Å². The summed E-state index contributed by atoms with van der Waals surface area (Å²) in [6.07, 6.45) is 27.5. The Morgan fingerprint density at radius 2 is 0.667 bits per heavy atom. The predicted molar refractivity (Wildman–Crippen MR) is 144 cm³/mol. The number of hydrogen-bond acceptors (Lipinski definition) is 2. The Balaban J connectivity index is 3.26. The fourth-order valence-electron chi connectivity index (χ4n) is 4.25. The van der Waals surface area contributed by atoms with Crippen LogP contribution in [-0.2, 0) is 9.59 Å². The van der Waals surface area contributed by atoms with Crippen LogP contribution in [0.15, 0.2) is 0 Å². The van der Waals surface area contributed by atoms with Crippen LogP contribution in [0.1, 0.15) is 162 Å². The first kappa shape index (κ1) is 31.9. The van der Waals surface area contributed by atoms with E-state index in [0.29, 0.717) is 12.8 Å². The average Bonchev–Trinajstić information content (AvgIpc) is 2.81. The summed E-state index contributed by atoms with van der Waals surface area (Å²) in [5, 5.41) is 6.08. The van der Waals surface area contributed by atoms with Crippen molar-refractivity contribution in [1.82, 2.24) is 10.6 Å². The van der Waals surface area contributed by atoms with Crippen LogP contribution in [-0.4, -0.2) is 24.9 Å². The molecule has 2 amide bonds. The summed E-state index contributed by atoms with van der Waals surface area (Å²) in [7, 11) is 0. The SMILES string of the molecule is CCCCCCCCCCCC(=O)NCCCCCNC(=O)CCCCCCCCCCC. The molecule has 0 aliphatic carbocycles. The van der Waals surface area contributed by atoms with Gasteiger partial charge in [0.1, 0.15) is 0 Å². The van der Waals surface area contributed by atoms with Crippen molar-refractivity contribution in [1.29, 1.82) is 0 Å². The number of unbranched alkanes of at least 4 members (excludes halogenated alkanes) is 18. The highest BCUT2D eigenvalue weighted by molar-refractivity contribution is 5.76. The van der Waals surface area contributed by atoms with Gasteiger partial charge in [0, 0.05) is 25.9 Å². The Kier molecular flexibility index (Phi) is 26.3. The lowest BCUT2D eigenvalue weighted by Crippen LogP contribution is -2.25. The van der Waals surface area contributed by atoms with Gasteiger partial charge in [-0.2, -0.15) is 0 Å². The first-order valence-electron chi connectivity index (χ1n) is 14.7. The quantitative estimate of drug-likeness (QED) is 0.126. The monoisotopic (exact) mass is 466 g/mol. The van der Waals surface area contributed by atoms with Gasteiger partial charge >= 0.3 is 0 Å². The molecule has 0 bridgehead atoms. The molecule has 2 N–H and O–H groups in total. The van der Waals surface area contributed by atoms with Crippen molar-refractivity contribution in [2.24, 2.45) is 0 Å². The molecule has 0 aromatic heterocycles. The molecule has 4 nitrogen and oxygen atoms in total. The number of amides is 2. The van der Waals surface area contributed by atoms with Crippen molar-refractivity contribution in [2.45, 2.75) is 162 Å². The lowest BCUT2D eigenvalue weighted by molar-refractivity contribution is -0.121. The fourth-order valence-corrected chi connectivity index (χ4v) is 4.25. The van der Waals surface area contributed by atoms with Gasteiger partial charge < -0.3 is 10.6 Å². The number of carbonyl (C=O) groups excluding carboxylic acids is 2. The van der Waals surface area contributed by atoms with E-state index in [0.717, 1.165) is 45.2 Å². The zero-order valence-corrected chi connectivity index (χ0v) is 22.5. The second-order valence-corrected chi connectivity index (χ2v) is 9.92. The lowest BCUT2D eigenvalue weighted by atomic mass is 10.1. The highest BCUT2D eigenvalue weighted by Gasteiger charge is 2.02. The Hall–Kier alpha value is -1.06. The molecule has 0 fully saturated rings. The maximum absolute atomic E-state index is 11.9. The first-order valence-corrected chi connectivity index (χ1v) is 14.7. The lowest BCUT2D eigenvalue weighted by Gasteiger charge is -2.07.